The maximum absolute atomic E-state index is 13.4. The molecule has 4 aromatic carbocycles. The van der Waals surface area contributed by atoms with E-state index in [2.05, 4.69) is 44.3 Å². The molecule has 1 fully saturated rings. The molecule has 214 valence electrons. The first-order valence-corrected chi connectivity index (χ1v) is 15.4. The van der Waals surface area contributed by atoms with Gasteiger partial charge in [0.2, 0.25) is 0 Å². The van der Waals surface area contributed by atoms with Crippen molar-refractivity contribution in [1.82, 2.24) is 9.80 Å². The Balaban J connectivity index is 1.32. The minimum atomic E-state index is -3.79. The molecule has 2 aliphatic rings. The van der Waals surface area contributed by atoms with Crippen LogP contribution in [-0.4, -0.2) is 57.4 Å². The van der Waals surface area contributed by atoms with Gasteiger partial charge in [-0.2, -0.15) is 0 Å². The van der Waals surface area contributed by atoms with Crippen molar-refractivity contribution in [3.63, 3.8) is 0 Å². The summed E-state index contributed by atoms with van der Waals surface area (Å²) in [5.74, 6) is -0.258. The fourth-order valence-corrected chi connectivity index (χ4v) is 6.35. The normalized spacial score (nSPS) is 16.9. The number of nitrogens with one attached hydrogen (secondary N) is 3. The van der Waals surface area contributed by atoms with Crippen LogP contribution in [-0.2, 0) is 21.4 Å². The van der Waals surface area contributed by atoms with Crippen LogP contribution in [0.1, 0.15) is 16.7 Å². The molecular weight excluding hydrogens is 546 g/mol. The Morgan fingerprint density at radius 1 is 0.810 bits per heavy atom. The minimum absolute atomic E-state index is 0.165. The predicted molar refractivity (Wildman–Crippen MR) is 168 cm³/mol. The van der Waals surface area contributed by atoms with Crippen LogP contribution >= 0.6 is 0 Å². The Kier molecular flexibility index (Phi) is 7.80. The number of sulfonamides is 1. The maximum atomic E-state index is 13.4. The summed E-state index contributed by atoms with van der Waals surface area (Å²) >= 11 is 0. The average Bonchev–Trinajstić information content (AvgIpc) is 3.33. The number of hydrogen-bond donors (Lipinski definition) is 3. The summed E-state index contributed by atoms with van der Waals surface area (Å²) in [7, 11) is -1.64. The van der Waals surface area contributed by atoms with Gasteiger partial charge in [0.1, 0.15) is 0 Å². The highest BCUT2D eigenvalue weighted by atomic mass is 32.2. The lowest BCUT2D eigenvalue weighted by Crippen LogP contribution is -2.43. The Hall–Kier alpha value is -4.44. The fourth-order valence-electron chi connectivity index (χ4n) is 5.28. The lowest BCUT2D eigenvalue weighted by atomic mass is 9.99. The van der Waals surface area contributed by atoms with Crippen LogP contribution in [0.25, 0.3) is 11.3 Å². The van der Waals surface area contributed by atoms with Gasteiger partial charge in [0, 0.05) is 55.3 Å². The summed E-state index contributed by atoms with van der Waals surface area (Å²) in [6, 6.07) is 31.3. The number of rotatable bonds is 8. The molecule has 3 N–H and O–H groups in total. The number of anilines is 3. The van der Waals surface area contributed by atoms with E-state index >= 15 is 0 Å². The van der Waals surface area contributed by atoms with Crippen LogP contribution in [0.5, 0.6) is 0 Å². The van der Waals surface area contributed by atoms with Gasteiger partial charge < -0.3 is 15.5 Å². The smallest absolute Gasteiger partial charge is 0.261 e. The van der Waals surface area contributed by atoms with Crippen LogP contribution in [0.2, 0.25) is 0 Å². The van der Waals surface area contributed by atoms with Gasteiger partial charge in [0.15, 0.2) is 0 Å². The van der Waals surface area contributed by atoms with Crippen LogP contribution in [0.15, 0.2) is 108 Å². The Morgan fingerprint density at radius 2 is 1.45 bits per heavy atom. The summed E-state index contributed by atoms with van der Waals surface area (Å²) in [5, 5.41) is 6.44. The Bertz CT molecular complexity index is 1710. The number of fused-ring (bicyclic) bond motifs is 1. The summed E-state index contributed by atoms with van der Waals surface area (Å²) in [6.07, 6.45) is 0. The molecule has 0 spiro atoms. The first-order chi connectivity index (χ1) is 20.4. The number of carbonyl (C=O) groups is 1. The molecule has 0 aliphatic carbocycles. The number of carbonyl (C=O) groups excluding carboxylic acids is 1. The SMILES string of the molecule is CN1CCN(Cc2ccc(NC(=C3C(=O)Nc4ccc(NS(=O)(=O)c5ccccc5)cc43)c3ccccc3)cc2)CC1. The number of piperazine rings is 1. The molecule has 6 rings (SSSR count). The van der Waals surface area contributed by atoms with E-state index in [1.165, 1.54) is 5.56 Å². The lowest BCUT2D eigenvalue weighted by molar-refractivity contribution is -0.110. The van der Waals surface area contributed by atoms with Crippen LogP contribution in [0.4, 0.5) is 17.1 Å². The van der Waals surface area contributed by atoms with Crippen molar-refractivity contribution < 1.29 is 13.2 Å². The largest absolute Gasteiger partial charge is 0.354 e. The van der Waals surface area contributed by atoms with E-state index in [4.69, 9.17) is 0 Å². The van der Waals surface area contributed by atoms with E-state index in [-0.39, 0.29) is 10.8 Å². The molecule has 0 unspecified atom stereocenters. The van der Waals surface area contributed by atoms with Crippen molar-refractivity contribution in [2.45, 2.75) is 11.4 Å². The lowest BCUT2D eigenvalue weighted by Gasteiger charge is -2.32. The molecule has 8 nitrogen and oxygen atoms in total. The van der Waals surface area contributed by atoms with Crippen molar-refractivity contribution in [2.24, 2.45) is 0 Å². The van der Waals surface area contributed by atoms with Gasteiger partial charge in [0.25, 0.3) is 15.9 Å². The molecule has 1 saturated heterocycles. The van der Waals surface area contributed by atoms with Gasteiger partial charge in [-0.1, -0.05) is 60.7 Å². The number of amides is 1. The molecule has 9 heteroatoms. The van der Waals surface area contributed by atoms with Crippen LogP contribution in [0, 0.1) is 0 Å². The molecule has 2 aliphatic heterocycles. The van der Waals surface area contributed by atoms with E-state index in [0.717, 1.165) is 44.0 Å². The molecule has 0 aromatic heterocycles. The summed E-state index contributed by atoms with van der Waals surface area (Å²) in [5.41, 5.74) is 5.62. The van der Waals surface area contributed by atoms with E-state index in [1.54, 1.807) is 48.5 Å². The number of benzene rings is 4. The first kappa shape index (κ1) is 27.7. The maximum Gasteiger partial charge on any atom is 0.261 e. The molecule has 0 atom stereocenters. The van der Waals surface area contributed by atoms with Crippen molar-refractivity contribution in [1.29, 1.82) is 0 Å². The van der Waals surface area contributed by atoms with Crippen molar-refractivity contribution >= 4 is 44.3 Å². The van der Waals surface area contributed by atoms with Crippen molar-refractivity contribution in [3.05, 3.63) is 120 Å². The third-order valence-electron chi connectivity index (χ3n) is 7.61. The second-order valence-corrected chi connectivity index (χ2v) is 12.3. The highest BCUT2D eigenvalue weighted by molar-refractivity contribution is 7.92. The van der Waals surface area contributed by atoms with Crippen molar-refractivity contribution in [2.75, 3.05) is 48.6 Å². The third-order valence-corrected chi connectivity index (χ3v) is 9.00. The molecule has 42 heavy (non-hydrogen) atoms. The van der Waals surface area contributed by atoms with Gasteiger partial charge in [-0.25, -0.2) is 8.42 Å². The number of likely N-dealkylation sites (N-methyl/N-ethyl adjacent to an activating group) is 1. The Morgan fingerprint density at radius 3 is 2.14 bits per heavy atom. The molecular formula is C33H33N5O3S. The Labute approximate surface area is 246 Å². The highest BCUT2D eigenvalue weighted by Gasteiger charge is 2.29. The summed E-state index contributed by atoms with van der Waals surface area (Å²) < 4.78 is 28.6. The van der Waals surface area contributed by atoms with Gasteiger partial charge >= 0.3 is 0 Å². The van der Waals surface area contributed by atoms with E-state index in [1.807, 2.05) is 42.5 Å². The standard InChI is InChI=1S/C33H33N5O3S/c1-37-18-20-38(21-19-37)23-24-12-14-26(15-13-24)34-32(25-8-4-2-5-9-25)31-29-22-27(16-17-30(29)35-33(31)39)36-42(40,41)28-10-6-3-7-11-28/h2-17,22,34,36H,18-21,23H2,1H3,(H,35,39). The summed E-state index contributed by atoms with van der Waals surface area (Å²) in [6.45, 7) is 5.16. The average molecular weight is 580 g/mol. The van der Waals surface area contributed by atoms with Crippen LogP contribution in [0.3, 0.4) is 0 Å². The molecule has 0 bridgehead atoms. The molecule has 2 heterocycles. The van der Waals surface area contributed by atoms with Crippen molar-refractivity contribution in [3.8, 4) is 0 Å². The fraction of sp³-hybridized carbons (Fsp3) is 0.182. The van der Waals surface area contributed by atoms with Gasteiger partial charge in [0.05, 0.1) is 16.2 Å². The van der Waals surface area contributed by atoms with Crippen LogP contribution < -0.4 is 15.4 Å². The van der Waals surface area contributed by atoms with Gasteiger partial charge in [-0.05, 0) is 60.6 Å². The monoisotopic (exact) mass is 579 g/mol. The predicted octanol–water partition coefficient (Wildman–Crippen LogP) is 5.17. The second kappa shape index (κ2) is 11.8. The third kappa shape index (κ3) is 6.08. The van der Waals surface area contributed by atoms with E-state index < -0.39 is 10.0 Å². The van der Waals surface area contributed by atoms with Gasteiger partial charge in [-0.3, -0.25) is 14.4 Å². The van der Waals surface area contributed by atoms with E-state index in [9.17, 15) is 13.2 Å². The number of hydrogen-bond acceptors (Lipinski definition) is 6. The zero-order valence-electron chi connectivity index (χ0n) is 23.4. The zero-order chi connectivity index (χ0) is 29.1. The quantitative estimate of drug-likeness (QED) is 0.250. The second-order valence-electron chi connectivity index (χ2n) is 10.7. The highest BCUT2D eigenvalue weighted by Crippen LogP contribution is 2.39. The minimum Gasteiger partial charge on any atom is -0.354 e. The molecule has 1 amide bonds. The first-order valence-electron chi connectivity index (χ1n) is 14.0. The zero-order valence-corrected chi connectivity index (χ0v) is 24.2. The molecule has 0 radical (unpaired) electrons. The summed E-state index contributed by atoms with van der Waals surface area (Å²) in [4.78, 5) is 18.4. The topological polar surface area (TPSA) is 93.8 Å². The van der Waals surface area contributed by atoms with E-state index in [0.29, 0.717) is 28.2 Å². The number of nitrogens with zero attached hydrogens (tertiary/aromatic N) is 2. The van der Waals surface area contributed by atoms with Gasteiger partial charge in [-0.15, -0.1) is 0 Å². The molecule has 0 saturated carbocycles. The molecule has 4 aromatic rings.